The van der Waals surface area contributed by atoms with Crippen molar-refractivity contribution in [1.29, 1.82) is 0 Å². The lowest BCUT2D eigenvalue weighted by molar-refractivity contribution is 0.102. The van der Waals surface area contributed by atoms with Crippen LogP contribution in [-0.2, 0) is 6.42 Å². The number of nitrogens with zero attached hydrogens (tertiary/aromatic N) is 1. The Bertz CT molecular complexity index is 854. The normalized spacial score (nSPS) is 10.7. The van der Waals surface area contributed by atoms with Gasteiger partial charge in [0.15, 0.2) is 0 Å². The number of aryl methyl sites for hydroxylation is 2. The van der Waals surface area contributed by atoms with Gasteiger partial charge >= 0.3 is 0 Å². The first kappa shape index (κ1) is 16.0. The SMILES string of the molecule is CCc1ccccc1NC(=O)c1c(-c2ccc(Br)s2)noc1C. The van der Waals surface area contributed by atoms with Gasteiger partial charge in [-0.25, -0.2) is 0 Å². The summed E-state index contributed by atoms with van der Waals surface area (Å²) in [6, 6.07) is 11.6. The summed E-state index contributed by atoms with van der Waals surface area (Å²) in [6.07, 6.45) is 0.851. The third kappa shape index (κ3) is 3.23. The van der Waals surface area contributed by atoms with Gasteiger partial charge in [0.05, 0.1) is 8.66 Å². The Balaban J connectivity index is 1.95. The van der Waals surface area contributed by atoms with Crippen LogP contribution in [0.5, 0.6) is 0 Å². The van der Waals surface area contributed by atoms with Crippen LogP contribution in [0.4, 0.5) is 5.69 Å². The lowest BCUT2D eigenvalue weighted by atomic mass is 10.1. The molecular formula is C17H15BrN2O2S. The smallest absolute Gasteiger partial charge is 0.261 e. The van der Waals surface area contributed by atoms with E-state index in [0.717, 1.165) is 26.3 Å². The summed E-state index contributed by atoms with van der Waals surface area (Å²) in [6.45, 7) is 3.81. The van der Waals surface area contributed by atoms with E-state index in [-0.39, 0.29) is 5.91 Å². The van der Waals surface area contributed by atoms with Crippen molar-refractivity contribution in [3.8, 4) is 10.6 Å². The van der Waals surface area contributed by atoms with Gasteiger partial charge in [0, 0.05) is 5.69 Å². The van der Waals surface area contributed by atoms with E-state index >= 15 is 0 Å². The Hall–Kier alpha value is -1.92. The van der Waals surface area contributed by atoms with E-state index in [0.29, 0.717) is 17.0 Å². The Morgan fingerprint density at radius 1 is 1.30 bits per heavy atom. The molecule has 1 N–H and O–H groups in total. The number of carbonyl (C=O) groups is 1. The largest absolute Gasteiger partial charge is 0.360 e. The summed E-state index contributed by atoms with van der Waals surface area (Å²) in [5.41, 5.74) is 2.96. The third-order valence-electron chi connectivity index (χ3n) is 3.54. The Labute approximate surface area is 146 Å². The standard InChI is InChI=1S/C17H15BrN2O2S/c1-3-11-6-4-5-7-12(11)19-17(21)15-10(2)22-20-16(15)13-8-9-14(18)23-13/h4-9H,3H2,1-2H3,(H,19,21). The number of para-hydroxylation sites is 1. The maximum atomic E-state index is 12.7. The minimum absolute atomic E-state index is 0.204. The molecule has 0 radical (unpaired) electrons. The number of halogens is 1. The van der Waals surface area contributed by atoms with Crippen LogP contribution in [0.1, 0.15) is 28.6 Å². The summed E-state index contributed by atoms with van der Waals surface area (Å²) >= 11 is 4.94. The molecule has 0 bridgehead atoms. The zero-order valence-electron chi connectivity index (χ0n) is 12.7. The molecule has 0 aliphatic heterocycles. The lowest BCUT2D eigenvalue weighted by Gasteiger charge is -2.09. The number of amides is 1. The van der Waals surface area contributed by atoms with Crippen molar-refractivity contribution >= 4 is 38.9 Å². The molecule has 6 heteroatoms. The van der Waals surface area contributed by atoms with Gasteiger partial charge < -0.3 is 9.84 Å². The summed E-state index contributed by atoms with van der Waals surface area (Å²) < 4.78 is 6.24. The highest BCUT2D eigenvalue weighted by molar-refractivity contribution is 9.11. The number of benzene rings is 1. The summed E-state index contributed by atoms with van der Waals surface area (Å²) in [7, 11) is 0. The van der Waals surface area contributed by atoms with Gasteiger partial charge in [-0.05, 0) is 53.0 Å². The molecule has 1 aromatic carbocycles. The van der Waals surface area contributed by atoms with Gasteiger partial charge in [0.1, 0.15) is 17.0 Å². The molecule has 0 fully saturated rings. The predicted octanol–water partition coefficient (Wildman–Crippen LogP) is 5.29. The van der Waals surface area contributed by atoms with Crippen molar-refractivity contribution in [2.24, 2.45) is 0 Å². The molecule has 1 amide bonds. The van der Waals surface area contributed by atoms with Crippen molar-refractivity contribution in [3.63, 3.8) is 0 Å². The fourth-order valence-electron chi connectivity index (χ4n) is 2.38. The molecule has 0 saturated carbocycles. The van der Waals surface area contributed by atoms with Crippen LogP contribution in [0.2, 0.25) is 0 Å². The zero-order chi connectivity index (χ0) is 16.4. The molecule has 0 aliphatic carbocycles. The number of nitrogens with one attached hydrogen (secondary N) is 1. The van der Waals surface area contributed by atoms with E-state index in [9.17, 15) is 4.79 Å². The highest BCUT2D eigenvalue weighted by Gasteiger charge is 2.23. The molecule has 0 aliphatic rings. The third-order valence-corrected chi connectivity index (χ3v) is 5.17. The number of rotatable bonds is 4. The maximum absolute atomic E-state index is 12.7. The molecule has 0 unspecified atom stereocenters. The first-order chi connectivity index (χ1) is 11.1. The van der Waals surface area contributed by atoms with Gasteiger partial charge in [0.25, 0.3) is 5.91 Å². The maximum Gasteiger partial charge on any atom is 0.261 e. The first-order valence-electron chi connectivity index (χ1n) is 7.21. The average molecular weight is 391 g/mol. The van der Waals surface area contributed by atoms with Crippen molar-refractivity contribution in [1.82, 2.24) is 5.16 Å². The van der Waals surface area contributed by atoms with Crippen LogP contribution in [0.3, 0.4) is 0 Å². The van der Waals surface area contributed by atoms with Gasteiger partial charge in [-0.2, -0.15) is 0 Å². The minimum atomic E-state index is -0.204. The van der Waals surface area contributed by atoms with Crippen LogP contribution in [-0.4, -0.2) is 11.1 Å². The van der Waals surface area contributed by atoms with Crippen molar-refractivity contribution in [3.05, 3.63) is 57.1 Å². The van der Waals surface area contributed by atoms with Crippen molar-refractivity contribution in [2.75, 3.05) is 5.32 Å². The minimum Gasteiger partial charge on any atom is -0.360 e. The molecule has 2 heterocycles. The molecule has 3 aromatic rings. The molecule has 0 saturated heterocycles. The molecule has 118 valence electrons. The molecule has 0 spiro atoms. The first-order valence-corrected chi connectivity index (χ1v) is 8.82. The van der Waals surface area contributed by atoms with Gasteiger partial charge in [-0.15, -0.1) is 11.3 Å². The number of anilines is 1. The highest BCUT2D eigenvalue weighted by atomic mass is 79.9. The fraction of sp³-hybridized carbons (Fsp3) is 0.176. The molecule has 0 atom stereocenters. The molecular weight excluding hydrogens is 376 g/mol. The summed E-state index contributed by atoms with van der Waals surface area (Å²) in [5.74, 6) is 0.306. The summed E-state index contributed by atoms with van der Waals surface area (Å²) in [4.78, 5) is 13.6. The monoisotopic (exact) mass is 390 g/mol. The predicted molar refractivity (Wildman–Crippen MR) is 96.0 cm³/mol. The Kier molecular flexibility index (Phi) is 4.63. The molecule has 4 nitrogen and oxygen atoms in total. The molecule has 2 aromatic heterocycles. The Morgan fingerprint density at radius 2 is 2.09 bits per heavy atom. The van der Waals surface area contributed by atoms with E-state index in [1.165, 1.54) is 11.3 Å². The number of thiophene rings is 1. The highest BCUT2D eigenvalue weighted by Crippen LogP contribution is 2.34. The Morgan fingerprint density at radius 3 is 2.78 bits per heavy atom. The van der Waals surface area contributed by atoms with Crippen LogP contribution < -0.4 is 5.32 Å². The molecule has 3 rings (SSSR count). The lowest BCUT2D eigenvalue weighted by Crippen LogP contribution is -2.14. The zero-order valence-corrected chi connectivity index (χ0v) is 15.1. The quantitative estimate of drug-likeness (QED) is 0.658. The van der Waals surface area contributed by atoms with Gasteiger partial charge in [-0.1, -0.05) is 30.3 Å². The summed E-state index contributed by atoms with van der Waals surface area (Å²) in [5, 5.41) is 7.03. The fourth-order valence-corrected chi connectivity index (χ4v) is 3.76. The second kappa shape index (κ2) is 6.68. The van der Waals surface area contributed by atoms with Crippen LogP contribution in [0.15, 0.2) is 44.7 Å². The van der Waals surface area contributed by atoms with E-state index in [2.05, 4.69) is 33.3 Å². The number of hydrogen-bond donors (Lipinski definition) is 1. The van der Waals surface area contributed by atoms with E-state index < -0.39 is 0 Å². The van der Waals surface area contributed by atoms with Crippen LogP contribution in [0, 0.1) is 6.92 Å². The van der Waals surface area contributed by atoms with Gasteiger partial charge in [0.2, 0.25) is 0 Å². The second-order valence-electron chi connectivity index (χ2n) is 5.03. The number of carbonyl (C=O) groups excluding carboxylic acids is 1. The topological polar surface area (TPSA) is 55.1 Å². The average Bonchev–Trinajstić information content (AvgIpc) is 3.13. The van der Waals surface area contributed by atoms with E-state index in [1.54, 1.807) is 6.92 Å². The van der Waals surface area contributed by atoms with Crippen LogP contribution in [0.25, 0.3) is 10.6 Å². The van der Waals surface area contributed by atoms with E-state index in [4.69, 9.17) is 4.52 Å². The second-order valence-corrected chi connectivity index (χ2v) is 7.49. The van der Waals surface area contributed by atoms with Crippen molar-refractivity contribution in [2.45, 2.75) is 20.3 Å². The van der Waals surface area contributed by atoms with Gasteiger partial charge in [-0.3, -0.25) is 4.79 Å². The molecule has 23 heavy (non-hydrogen) atoms. The number of aromatic nitrogens is 1. The van der Waals surface area contributed by atoms with Crippen molar-refractivity contribution < 1.29 is 9.32 Å². The van der Waals surface area contributed by atoms with Crippen LogP contribution >= 0.6 is 27.3 Å². The van der Waals surface area contributed by atoms with E-state index in [1.807, 2.05) is 36.4 Å². The number of hydrogen-bond acceptors (Lipinski definition) is 4.